The molecule has 0 atom stereocenters. The molecule has 0 unspecified atom stereocenters. The van der Waals surface area contributed by atoms with E-state index in [0.29, 0.717) is 6.04 Å². The van der Waals surface area contributed by atoms with Gasteiger partial charge in [-0.1, -0.05) is 18.6 Å². The molecule has 1 heterocycles. The quantitative estimate of drug-likeness (QED) is 0.835. The molecule has 1 aromatic rings. The van der Waals surface area contributed by atoms with Crippen molar-refractivity contribution in [3.05, 3.63) is 29.8 Å². The summed E-state index contributed by atoms with van der Waals surface area (Å²) < 4.78 is 0. The van der Waals surface area contributed by atoms with E-state index in [9.17, 15) is 4.79 Å². The highest BCUT2D eigenvalue weighted by Crippen LogP contribution is 2.45. The lowest BCUT2D eigenvalue weighted by molar-refractivity contribution is 0.0365. The molecule has 1 N–H and O–H groups in total. The summed E-state index contributed by atoms with van der Waals surface area (Å²) in [5.74, 6) is 0.249. The van der Waals surface area contributed by atoms with Gasteiger partial charge in [0, 0.05) is 11.7 Å². The summed E-state index contributed by atoms with van der Waals surface area (Å²) in [6.45, 7) is 0. The number of rotatable bonds is 1. The van der Waals surface area contributed by atoms with Crippen LogP contribution in [0.5, 0.6) is 0 Å². The maximum absolute atomic E-state index is 12.9. The predicted octanol–water partition coefficient (Wildman–Crippen LogP) is 3.38. The van der Waals surface area contributed by atoms with Crippen LogP contribution in [0.1, 0.15) is 55.3 Å². The van der Waals surface area contributed by atoms with Crippen molar-refractivity contribution < 1.29 is 4.79 Å². The molecule has 2 aliphatic carbocycles. The number of para-hydroxylation sites is 1. The monoisotopic (exact) mass is 256 g/mol. The molecule has 2 saturated carbocycles. The van der Waals surface area contributed by atoms with Gasteiger partial charge in [-0.3, -0.25) is 4.79 Å². The molecule has 4 rings (SSSR count). The first-order valence-electron chi connectivity index (χ1n) is 7.51. The summed E-state index contributed by atoms with van der Waals surface area (Å²) in [5, 5.41) is 3.72. The van der Waals surface area contributed by atoms with Crippen molar-refractivity contribution in [1.82, 2.24) is 4.90 Å². The van der Waals surface area contributed by atoms with Crippen molar-refractivity contribution in [3.8, 4) is 0 Å². The molecule has 100 valence electrons. The molecule has 1 spiro atoms. The summed E-state index contributed by atoms with van der Waals surface area (Å²) >= 11 is 0. The maximum Gasteiger partial charge on any atom is 0.258 e. The van der Waals surface area contributed by atoms with E-state index in [4.69, 9.17) is 0 Å². The maximum atomic E-state index is 12.9. The Bertz CT molecular complexity index is 515. The smallest absolute Gasteiger partial charge is 0.258 e. The second-order valence-electron chi connectivity index (χ2n) is 6.17. The van der Waals surface area contributed by atoms with Gasteiger partial charge in [-0.05, 0) is 50.7 Å². The van der Waals surface area contributed by atoms with E-state index >= 15 is 0 Å². The molecule has 3 heteroatoms. The molecular formula is C16H20N2O. The van der Waals surface area contributed by atoms with E-state index in [1.165, 1.54) is 32.1 Å². The number of fused-ring (bicyclic) bond motifs is 1. The lowest BCUT2D eigenvalue weighted by Gasteiger charge is -2.51. The number of anilines is 1. The van der Waals surface area contributed by atoms with Crippen molar-refractivity contribution in [2.75, 3.05) is 5.32 Å². The van der Waals surface area contributed by atoms with Crippen LogP contribution in [0.15, 0.2) is 24.3 Å². The van der Waals surface area contributed by atoms with E-state index < -0.39 is 0 Å². The molecule has 19 heavy (non-hydrogen) atoms. The van der Waals surface area contributed by atoms with Crippen molar-refractivity contribution in [2.24, 2.45) is 0 Å². The average molecular weight is 256 g/mol. The number of benzene rings is 1. The fraction of sp³-hybridized carbons (Fsp3) is 0.562. The molecule has 1 aromatic carbocycles. The Labute approximate surface area is 114 Å². The first kappa shape index (κ1) is 11.3. The summed E-state index contributed by atoms with van der Waals surface area (Å²) in [6.07, 6.45) is 8.32. The first-order valence-corrected chi connectivity index (χ1v) is 7.51. The third kappa shape index (κ3) is 1.67. The number of hydrogen-bond donors (Lipinski definition) is 1. The minimum atomic E-state index is -0.0924. The van der Waals surface area contributed by atoms with Gasteiger partial charge in [-0.2, -0.15) is 0 Å². The lowest BCUT2D eigenvalue weighted by Crippen LogP contribution is -2.61. The van der Waals surface area contributed by atoms with Gasteiger partial charge in [0.2, 0.25) is 0 Å². The summed E-state index contributed by atoms with van der Waals surface area (Å²) in [4.78, 5) is 15.0. The normalized spacial score (nSPS) is 25.1. The highest BCUT2D eigenvalue weighted by molar-refractivity contribution is 6.02. The number of hydrogen-bond acceptors (Lipinski definition) is 2. The second kappa shape index (κ2) is 3.99. The lowest BCUT2D eigenvalue weighted by atomic mass is 9.84. The van der Waals surface area contributed by atoms with Gasteiger partial charge in [0.15, 0.2) is 0 Å². The standard InChI is InChI=1S/C16H20N2O/c19-15-13-6-2-3-7-14(13)17-16(10-4-1-5-11-16)18(15)12-8-9-12/h2-3,6-7,12,17H,1,4-5,8-11H2. The van der Waals surface area contributed by atoms with Crippen molar-refractivity contribution in [3.63, 3.8) is 0 Å². The summed E-state index contributed by atoms with van der Waals surface area (Å²) in [6, 6.07) is 8.46. The molecule has 0 radical (unpaired) electrons. The summed E-state index contributed by atoms with van der Waals surface area (Å²) in [5.41, 5.74) is 1.79. The van der Waals surface area contributed by atoms with Crippen LogP contribution < -0.4 is 5.32 Å². The number of nitrogens with one attached hydrogen (secondary N) is 1. The molecule has 3 aliphatic rings. The molecular weight excluding hydrogens is 236 g/mol. The fourth-order valence-electron chi connectivity index (χ4n) is 3.76. The topological polar surface area (TPSA) is 32.3 Å². The zero-order valence-corrected chi connectivity index (χ0v) is 11.2. The second-order valence-corrected chi connectivity index (χ2v) is 6.17. The molecule has 2 fully saturated rings. The third-order valence-electron chi connectivity index (χ3n) is 4.80. The summed E-state index contributed by atoms with van der Waals surface area (Å²) in [7, 11) is 0. The molecule has 3 nitrogen and oxygen atoms in total. The van der Waals surface area contributed by atoms with Gasteiger partial charge in [-0.25, -0.2) is 0 Å². The number of carbonyl (C=O) groups is 1. The number of carbonyl (C=O) groups excluding carboxylic acids is 1. The fourth-order valence-corrected chi connectivity index (χ4v) is 3.76. The zero-order chi connectivity index (χ0) is 12.9. The Morgan fingerprint density at radius 3 is 2.58 bits per heavy atom. The molecule has 0 aromatic heterocycles. The van der Waals surface area contributed by atoms with Crippen LogP contribution in [0, 0.1) is 0 Å². The zero-order valence-electron chi connectivity index (χ0n) is 11.2. The van der Waals surface area contributed by atoms with Crippen LogP contribution in [-0.2, 0) is 0 Å². The van der Waals surface area contributed by atoms with Gasteiger partial charge in [0.1, 0.15) is 5.66 Å². The van der Waals surface area contributed by atoms with E-state index in [1.54, 1.807) is 0 Å². The minimum absolute atomic E-state index is 0.0924. The van der Waals surface area contributed by atoms with Gasteiger partial charge in [-0.15, -0.1) is 0 Å². The highest BCUT2D eigenvalue weighted by atomic mass is 16.2. The molecule has 1 aliphatic heterocycles. The van der Waals surface area contributed by atoms with Gasteiger partial charge < -0.3 is 10.2 Å². The molecule has 0 saturated heterocycles. The van der Waals surface area contributed by atoms with Crippen LogP contribution in [-0.4, -0.2) is 22.5 Å². The average Bonchev–Trinajstić information content (AvgIpc) is 3.24. The Kier molecular flexibility index (Phi) is 2.38. The van der Waals surface area contributed by atoms with E-state index in [2.05, 4.69) is 10.2 Å². The van der Waals surface area contributed by atoms with Crippen molar-refractivity contribution >= 4 is 11.6 Å². The van der Waals surface area contributed by atoms with Gasteiger partial charge >= 0.3 is 0 Å². The minimum Gasteiger partial charge on any atom is -0.362 e. The number of amides is 1. The van der Waals surface area contributed by atoms with Crippen LogP contribution in [0.3, 0.4) is 0 Å². The Morgan fingerprint density at radius 1 is 1.11 bits per heavy atom. The van der Waals surface area contributed by atoms with Crippen molar-refractivity contribution in [1.29, 1.82) is 0 Å². The Morgan fingerprint density at radius 2 is 1.84 bits per heavy atom. The van der Waals surface area contributed by atoms with E-state index in [1.807, 2.05) is 24.3 Å². The number of nitrogens with zero attached hydrogens (tertiary/aromatic N) is 1. The predicted molar refractivity (Wildman–Crippen MR) is 75.1 cm³/mol. The Balaban J connectivity index is 1.80. The van der Waals surface area contributed by atoms with Crippen molar-refractivity contribution in [2.45, 2.75) is 56.7 Å². The SMILES string of the molecule is O=C1c2ccccc2NC2(CCCCC2)N1C1CC1. The molecule has 0 bridgehead atoms. The van der Waals surface area contributed by atoms with Gasteiger partial charge in [0.25, 0.3) is 5.91 Å². The van der Waals surface area contributed by atoms with E-state index in [-0.39, 0.29) is 11.6 Å². The molecule has 1 amide bonds. The van der Waals surface area contributed by atoms with E-state index in [0.717, 1.165) is 24.1 Å². The first-order chi connectivity index (χ1) is 9.30. The Hall–Kier alpha value is -1.51. The van der Waals surface area contributed by atoms with Crippen LogP contribution >= 0.6 is 0 Å². The highest BCUT2D eigenvalue weighted by Gasteiger charge is 2.50. The third-order valence-corrected chi connectivity index (χ3v) is 4.80. The van der Waals surface area contributed by atoms with Crippen LogP contribution in [0.4, 0.5) is 5.69 Å². The van der Waals surface area contributed by atoms with Crippen LogP contribution in [0.25, 0.3) is 0 Å². The van der Waals surface area contributed by atoms with Crippen LogP contribution in [0.2, 0.25) is 0 Å². The largest absolute Gasteiger partial charge is 0.362 e. The van der Waals surface area contributed by atoms with Gasteiger partial charge in [0.05, 0.1) is 5.56 Å².